The SMILES string of the molecule is C=CCCC(NCC)c1cncc(C)c1. The highest BCUT2D eigenvalue weighted by atomic mass is 14.9. The molecular weight excluding hydrogens is 184 g/mol. The van der Waals surface area contributed by atoms with E-state index in [0.29, 0.717) is 6.04 Å². The van der Waals surface area contributed by atoms with Crippen LogP contribution in [0.2, 0.25) is 0 Å². The molecule has 0 spiro atoms. The van der Waals surface area contributed by atoms with Gasteiger partial charge in [0.05, 0.1) is 0 Å². The number of aromatic nitrogens is 1. The molecule has 0 aliphatic rings. The summed E-state index contributed by atoms with van der Waals surface area (Å²) in [7, 11) is 0. The molecule has 0 fully saturated rings. The van der Waals surface area contributed by atoms with Gasteiger partial charge in [-0.25, -0.2) is 0 Å². The monoisotopic (exact) mass is 204 g/mol. The van der Waals surface area contributed by atoms with Crippen molar-refractivity contribution >= 4 is 0 Å². The summed E-state index contributed by atoms with van der Waals surface area (Å²) in [5.74, 6) is 0. The number of nitrogens with one attached hydrogen (secondary N) is 1. The lowest BCUT2D eigenvalue weighted by Gasteiger charge is -2.17. The molecule has 1 aromatic rings. The molecule has 82 valence electrons. The summed E-state index contributed by atoms with van der Waals surface area (Å²) >= 11 is 0. The van der Waals surface area contributed by atoms with E-state index in [4.69, 9.17) is 0 Å². The average Bonchev–Trinajstić information content (AvgIpc) is 2.24. The molecular formula is C13H20N2. The van der Waals surface area contributed by atoms with Crippen molar-refractivity contribution in [1.29, 1.82) is 0 Å². The van der Waals surface area contributed by atoms with E-state index >= 15 is 0 Å². The third-order valence-electron chi connectivity index (χ3n) is 2.41. The van der Waals surface area contributed by atoms with Crippen molar-refractivity contribution in [1.82, 2.24) is 10.3 Å². The standard InChI is InChI=1S/C13H20N2/c1-4-6-7-13(15-5-2)12-8-11(3)9-14-10-12/h4,8-10,13,15H,1,5-7H2,2-3H3. The van der Waals surface area contributed by atoms with Crippen LogP contribution >= 0.6 is 0 Å². The molecule has 0 bridgehead atoms. The fraction of sp³-hybridized carbons (Fsp3) is 0.462. The maximum atomic E-state index is 4.23. The summed E-state index contributed by atoms with van der Waals surface area (Å²) in [6.07, 6.45) is 7.92. The zero-order chi connectivity index (χ0) is 11.1. The lowest BCUT2D eigenvalue weighted by atomic mass is 10.0. The largest absolute Gasteiger partial charge is 0.310 e. The van der Waals surface area contributed by atoms with Crippen LogP contribution in [0.4, 0.5) is 0 Å². The van der Waals surface area contributed by atoms with Gasteiger partial charge in [0.1, 0.15) is 0 Å². The van der Waals surface area contributed by atoms with Gasteiger partial charge in [-0.15, -0.1) is 6.58 Å². The lowest BCUT2D eigenvalue weighted by molar-refractivity contribution is 0.518. The molecule has 15 heavy (non-hydrogen) atoms. The second-order valence-electron chi connectivity index (χ2n) is 3.77. The molecule has 1 N–H and O–H groups in total. The minimum absolute atomic E-state index is 0.403. The van der Waals surface area contributed by atoms with Crippen LogP contribution in [0.1, 0.15) is 36.9 Å². The average molecular weight is 204 g/mol. The van der Waals surface area contributed by atoms with Gasteiger partial charge < -0.3 is 5.32 Å². The Kier molecular flexibility index (Phi) is 5.05. The Balaban J connectivity index is 2.73. The van der Waals surface area contributed by atoms with Crippen molar-refractivity contribution in [2.75, 3.05) is 6.54 Å². The van der Waals surface area contributed by atoms with E-state index in [1.165, 1.54) is 11.1 Å². The number of allylic oxidation sites excluding steroid dienone is 1. The Labute approximate surface area is 92.4 Å². The fourth-order valence-electron chi connectivity index (χ4n) is 1.69. The van der Waals surface area contributed by atoms with Crippen LogP contribution in [0.15, 0.2) is 31.1 Å². The number of pyridine rings is 1. The van der Waals surface area contributed by atoms with E-state index in [2.05, 4.69) is 36.8 Å². The van der Waals surface area contributed by atoms with Crippen molar-refractivity contribution in [3.63, 3.8) is 0 Å². The molecule has 0 aliphatic carbocycles. The second kappa shape index (κ2) is 6.36. The molecule has 0 aromatic carbocycles. The predicted octanol–water partition coefficient (Wildman–Crippen LogP) is 3.01. The summed E-state index contributed by atoms with van der Waals surface area (Å²) in [4.78, 5) is 4.23. The quantitative estimate of drug-likeness (QED) is 0.720. The normalized spacial score (nSPS) is 12.4. The molecule has 1 rings (SSSR count). The van der Waals surface area contributed by atoms with Gasteiger partial charge in [-0.1, -0.05) is 19.1 Å². The molecule has 0 aliphatic heterocycles. The Morgan fingerprint density at radius 1 is 1.53 bits per heavy atom. The molecule has 0 saturated heterocycles. The summed E-state index contributed by atoms with van der Waals surface area (Å²) in [6, 6.07) is 2.60. The highest BCUT2D eigenvalue weighted by Gasteiger charge is 2.09. The fourth-order valence-corrected chi connectivity index (χ4v) is 1.69. The molecule has 0 radical (unpaired) electrons. The first-order chi connectivity index (χ1) is 7.27. The Morgan fingerprint density at radius 3 is 2.93 bits per heavy atom. The topological polar surface area (TPSA) is 24.9 Å². The first-order valence-corrected chi connectivity index (χ1v) is 5.53. The number of hydrogen-bond donors (Lipinski definition) is 1. The zero-order valence-corrected chi connectivity index (χ0v) is 9.66. The van der Waals surface area contributed by atoms with Gasteiger partial charge in [-0.05, 0) is 37.4 Å². The van der Waals surface area contributed by atoms with Gasteiger partial charge in [0, 0.05) is 18.4 Å². The third kappa shape index (κ3) is 3.84. The number of aryl methyl sites for hydroxylation is 1. The first-order valence-electron chi connectivity index (χ1n) is 5.53. The summed E-state index contributed by atoms with van der Waals surface area (Å²) in [5, 5.41) is 3.47. The van der Waals surface area contributed by atoms with E-state index < -0.39 is 0 Å². The van der Waals surface area contributed by atoms with Crippen molar-refractivity contribution in [3.05, 3.63) is 42.2 Å². The highest BCUT2D eigenvalue weighted by molar-refractivity contribution is 5.20. The van der Waals surface area contributed by atoms with Crippen LogP contribution in [0.5, 0.6) is 0 Å². The van der Waals surface area contributed by atoms with E-state index in [1.807, 2.05) is 18.5 Å². The maximum absolute atomic E-state index is 4.23. The number of rotatable bonds is 6. The summed E-state index contributed by atoms with van der Waals surface area (Å²) < 4.78 is 0. The van der Waals surface area contributed by atoms with Crippen molar-refractivity contribution in [2.24, 2.45) is 0 Å². The van der Waals surface area contributed by atoms with Gasteiger partial charge in [-0.2, -0.15) is 0 Å². The van der Waals surface area contributed by atoms with Crippen molar-refractivity contribution in [3.8, 4) is 0 Å². The van der Waals surface area contributed by atoms with Gasteiger partial charge in [0.25, 0.3) is 0 Å². The molecule has 2 heteroatoms. The van der Waals surface area contributed by atoms with Gasteiger partial charge >= 0.3 is 0 Å². The number of hydrogen-bond acceptors (Lipinski definition) is 2. The Bertz CT molecular complexity index is 307. The van der Waals surface area contributed by atoms with E-state index in [1.54, 1.807) is 0 Å². The third-order valence-corrected chi connectivity index (χ3v) is 2.41. The minimum Gasteiger partial charge on any atom is -0.310 e. The van der Waals surface area contributed by atoms with Gasteiger partial charge in [0.15, 0.2) is 0 Å². The molecule has 0 amide bonds. The van der Waals surface area contributed by atoms with Crippen molar-refractivity contribution in [2.45, 2.75) is 32.7 Å². The maximum Gasteiger partial charge on any atom is 0.0338 e. The summed E-state index contributed by atoms with van der Waals surface area (Å²) in [6.45, 7) is 8.95. The van der Waals surface area contributed by atoms with Crippen LogP contribution < -0.4 is 5.32 Å². The molecule has 0 saturated carbocycles. The second-order valence-corrected chi connectivity index (χ2v) is 3.77. The predicted molar refractivity (Wildman–Crippen MR) is 64.8 cm³/mol. The zero-order valence-electron chi connectivity index (χ0n) is 9.66. The van der Waals surface area contributed by atoms with Crippen LogP contribution in [-0.4, -0.2) is 11.5 Å². The minimum atomic E-state index is 0.403. The molecule has 1 unspecified atom stereocenters. The first kappa shape index (κ1) is 11.9. The molecule has 1 heterocycles. The number of nitrogens with zero attached hydrogens (tertiary/aromatic N) is 1. The van der Waals surface area contributed by atoms with Crippen LogP contribution in [0.25, 0.3) is 0 Å². The molecule has 1 atom stereocenters. The molecule has 1 aromatic heterocycles. The molecule has 2 nitrogen and oxygen atoms in total. The van der Waals surface area contributed by atoms with E-state index in [0.717, 1.165) is 19.4 Å². The van der Waals surface area contributed by atoms with E-state index in [9.17, 15) is 0 Å². The highest BCUT2D eigenvalue weighted by Crippen LogP contribution is 2.18. The van der Waals surface area contributed by atoms with E-state index in [-0.39, 0.29) is 0 Å². The van der Waals surface area contributed by atoms with Crippen molar-refractivity contribution < 1.29 is 0 Å². The lowest BCUT2D eigenvalue weighted by Crippen LogP contribution is -2.20. The van der Waals surface area contributed by atoms with Crippen LogP contribution in [0.3, 0.4) is 0 Å². The van der Waals surface area contributed by atoms with Gasteiger partial charge in [0.2, 0.25) is 0 Å². The van der Waals surface area contributed by atoms with Crippen LogP contribution in [0, 0.1) is 6.92 Å². The van der Waals surface area contributed by atoms with Crippen LogP contribution in [-0.2, 0) is 0 Å². The Hall–Kier alpha value is -1.15. The summed E-state index contributed by atoms with van der Waals surface area (Å²) in [5.41, 5.74) is 2.49. The Morgan fingerprint density at radius 2 is 2.33 bits per heavy atom. The smallest absolute Gasteiger partial charge is 0.0338 e. The van der Waals surface area contributed by atoms with Gasteiger partial charge in [-0.3, -0.25) is 4.98 Å².